The van der Waals surface area contributed by atoms with Crippen LogP contribution in [-0.4, -0.2) is 33.8 Å². The van der Waals surface area contributed by atoms with Crippen molar-refractivity contribution in [2.75, 3.05) is 24.7 Å². The fourth-order valence-corrected chi connectivity index (χ4v) is 1.56. The maximum absolute atomic E-state index is 11.3. The van der Waals surface area contributed by atoms with Crippen molar-refractivity contribution in [1.82, 2.24) is 10.3 Å². The number of aromatic nitrogens is 1. The highest BCUT2D eigenvalue weighted by atomic mass is 32.2. The van der Waals surface area contributed by atoms with Crippen LogP contribution in [0, 0.1) is 0 Å². The van der Waals surface area contributed by atoms with Gasteiger partial charge < -0.3 is 5.32 Å². The first-order chi connectivity index (χ1) is 6.95. The third-order valence-corrected chi connectivity index (χ3v) is 3.19. The van der Waals surface area contributed by atoms with Crippen LogP contribution in [0.2, 0.25) is 0 Å². The Morgan fingerprint density at radius 1 is 1.53 bits per heavy atom. The minimum absolute atomic E-state index is 0.435. The van der Waals surface area contributed by atoms with Crippen LogP contribution in [0.25, 0.3) is 0 Å². The lowest BCUT2D eigenvalue weighted by atomic mass is 10.2. The summed E-state index contributed by atoms with van der Waals surface area (Å²) in [6, 6.07) is 3.59. The second-order valence-corrected chi connectivity index (χ2v) is 5.30. The summed E-state index contributed by atoms with van der Waals surface area (Å²) in [4.78, 5) is 4.01. The van der Waals surface area contributed by atoms with E-state index in [0.717, 1.165) is 16.1 Å². The first-order valence-electron chi connectivity index (χ1n) is 4.48. The van der Waals surface area contributed by atoms with Gasteiger partial charge in [-0.3, -0.25) is 4.31 Å². The molecule has 1 aromatic rings. The van der Waals surface area contributed by atoms with E-state index in [0.29, 0.717) is 12.4 Å². The highest BCUT2D eigenvalue weighted by Crippen LogP contribution is 2.13. The molecule has 0 amide bonds. The standard InChI is InChI=1S/C9H15N3O2S/c1-10-7-8-4-5-11-9(6-8)12(2)15(3,13)14/h4-6,10H,7H2,1-3H3. The summed E-state index contributed by atoms with van der Waals surface area (Å²) >= 11 is 0. The van der Waals surface area contributed by atoms with Gasteiger partial charge in [0.1, 0.15) is 5.82 Å². The minimum atomic E-state index is -3.24. The summed E-state index contributed by atoms with van der Waals surface area (Å²) in [5.41, 5.74) is 0.998. The van der Waals surface area contributed by atoms with Gasteiger partial charge in [-0.2, -0.15) is 0 Å². The van der Waals surface area contributed by atoms with Crippen molar-refractivity contribution < 1.29 is 8.42 Å². The molecule has 1 rings (SSSR count). The van der Waals surface area contributed by atoms with E-state index < -0.39 is 10.0 Å². The molecule has 0 spiro atoms. The molecule has 0 fully saturated rings. The highest BCUT2D eigenvalue weighted by molar-refractivity contribution is 7.92. The van der Waals surface area contributed by atoms with Crippen LogP contribution in [0.1, 0.15) is 5.56 Å². The fraction of sp³-hybridized carbons (Fsp3) is 0.444. The number of nitrogens with one attached hydrogen (secondary N) is 1. The van der Waals surface area contributed by atoms with Crippen molar-refractivity contribution in [3.8, 4) is 0 Å². The average molecular weight is 229 g/mol. The fourth-order valence-electron chi connectivity index (χ4n) is 1.12. The van der Waals surface area contributed by atoms with Gasteiger partial charge in [0.15, 0.2) is 0 Å². The second kappa shape index (κ2) is 4.59. The van der Waals surface area contributed by atoms with E-state index in [2.05, 4.69) is 10.3 Å². The van der Waals surface area contributed by atoms with Crippen LogP contribution < -0.4 is 9.62 Å². The molecular formula is C9H15N3O2S. The molecule has 5 nitrogen and oxygen atoms in total. The van der Waals surface area contributed by atoms with Crippen LogP contribution >= 0.6 is 0 Å². The minimum Gasteiger partial charge on any atom is -0.316 e. The van der Waals surface area contributed by atoms with Crippen molar-refractivity contribution in [2.24, 2.45) is 0 Å². The van der Waals surface area contributed by atoms with Crippen LogP contribution in [0.15, 0.2) is 18.3 Å². The van der Waals surface area contributed by atoms with Gasteiger partial charge in [0.05, 0.1) is 6.26 Å². The van der Waals surface area contributed by atoms with Gasteiger partial charge >= 0.3 is 0 Å². The van der Waals surface area contributed by atoms with Crippen LogP contribution in [0.4, 0.5) is 5.82 Å². The van der Waals surface area contributed by atoms with E-state index in [1.54, 1.807) is 12.3 Å². The zero-order valence-corrected chi connectivity index (χ0v) is 9.87. The first-order valence-corrected chi connectivity index (χ1v) is 6.33. The van der Waals surface area contributed by atoms with Gasteiger partial charge in [-0.15, -0.1) is 0 Å². The number of anilines is 1. The number of sulfonamides is 1. The molecule has 0 saturated heterocycles. The van der Waals surface area contributed by atoms with Crippen molar-refractivity contribution in [3.05, 3.63) is 23.9 Å². The van der Waals surface area contributed by atoms with Gasteiger partial charge in [-0.1, -0.05) is 0 Å². The van der Waals surface area contributed by atoms with E-state index in [-0.39, 0.29) is 0 Å². The van der Waals surface area contributed by atoms with E-state index in [9.17, 15) is 8.42 Å². The lowest BCUT2D eigenvalue weighted by Gasteiger charge is -2.15. The molecule has 0 atom stereocenters. The Labute approximate surface area is 90.2 Å². The molecule has 1 heterocycles. The smallest absolute Gasteiger partial charge is 0.233 e. The molecule has 0 radical (unpaired) electrons. The molecule has 1 N–H and O–H groups in total. The molecule has 0 saturated carbocycles. The monoisotopic (exact) mass is 229 g/mol. The van der Waals surface area contributed by atoms with Crippen LogP contribution in [0.3, 0.4) is 0 Å². The largest absolute Gasteiger partial charge is 0.316 e. The van der Waals surface area contributed by atoms with Crippen molar-refractivity contribution >= 4 is 15.8 Å². The molecule has 6 heteroatoms. The van der Waals surface area contributed by atoms with Gasteiger partial charge in [-0.25, -0.2) is 13.4 Å². The average Bonchev–Trinajstić information content (AvgIpc) is 2.16. The summed E-state index contributed by atoms with van der Waals surface area (Å²) in [5.74, 6) is 0.435. The van der Waals surface area contributed by atoms with E-state index in [4.69, 9.17) is 0 Å². The molecule has 0 aliphatic heterocycles. The summed E-state index contributed by atoms with van der Waals surface area (Å²) in [6.45, 7) is 0.688. The lowest BCUT2D eigenvalue weighted by Crippen LogP contribution is -2.25. The van der Waals surface area contributed by atoms with Crippen molar-refractivity contribution in [3.63, 3.8) is 0 Å². The first kappa shape index (κ1) is 11.9. The maximum atomic E-state index is 11.3. The third kappa shape index (κ3) is 3.17. The highest BCUT2D eigenvalue weighted by Gasteiger charge is 2.12. The van der Waals surface area contributed by atoms with Gasteiger partial charge in [0.2, 0.25) is 10.0 Å². The topological polar surface area (TPSA) is 62.3 Å². The summed E-state index contributed by atoms with van der Waals surface area (Å²) in [6.07, 6.45) is 2.75. The summed E-state index contributed by atoms with van der Waals surface area (Å²) in [5, 5.41) is 2.99. The molecule has 0 aromatic carbocycles. The third-order valence-electron chi connectivity index (χ3n) is 2.01. The van der Waals surface area contributed by atoms with E-state index >= 15 is 0 Å². The molecule has 15 heavy (non-hydrogen) atoms. The Morgan fingerprint density at radius 2 is 2.20 bits per heavy atom. The van der Waals surface area contributed by atoms with Crippen LogP contribution in [-0.2, 0) is 16.6 Å². The molecule has 0 unspecified atom stereocenters. The van der Waals surface area contributed by atoms with Gasteiger partial charge in [-0.05, 0) is 24.7 Å². The van der Waals surface area contributed by atoms with E-state index in [1.807, 2.05) is 13.1 Å². The Morgan fingerprint density at radius 3 is 2.73 bits per heavy atom. The SMILES string of the molecule is CNCc1ccnc(N(C)S(C)(=O)=O)c1. The second-order valence-electron chi connectivity index (χ2n) is 3.28. The molecule has 0 bridgehead atoms. The predicted octanol–water partition coefficient (Wildman–Crippen LogP) is 0.197. The maximum Gasteiger partial charge on any atom is 0.233 e. The molecule has 0 aliphatic carbocycles. The lowest BCUT2D eigenvalue weighted by molar-refractivity contribution is 0.600. The summed E-state index contributed by atoms with van der Waals surface area (Å²) < 4.78 is 23.7. The zero-order valence-electron chi connectivity index (χ0n) is 9.06. The quantitative estimate of drug-likeness (QED) is 0.801. The molecule has 84 valence electrons. The number of hydrogen-bond acceptors (Lipinski definition) is 4. The Balaban J connectivity index is 3.00. The van der Waals surface area contributed by atoms with E-state index in [1.165, 1.54) is 7.05 Å². The zero-order chi connectivity index (χ0) is 11.5. The Kier molecular flexibility index (Phi) is 3.65. The Hall–Kier alpha value is -1.14. The van der Waals surface area contributed by atoms with Crippen molar-refractivity contribution in [1.29, 1.82) is 0 Å². The summed E-state index contributed by atoms with van der Waals surface area (Å²) in [7, 11) is 0.0835. The number of pyridine rings is 1. The molecular weight excluding hydrogens is 214 g/mol. The normalized spacial score (nSPS) is 11.4. The number of rotatable bonds is 4. The van der Waals surface area contributed by atoms with Crippen molar-refractivity contribution in [2.45, 2.75) is 6.54 Å². The Bertz CT molecular complexity index is 431. The van der Waals surface area contributed by atoms with Gasteiger partial charge in [0.25, 0.3) is 0 Å². The molecule has 1 aromatic heterocycles. The number of hydrogen-bond donors (Lipinski definition) is 1. The number of nitrogens with zero attached hydrogens (tertiary/aromatic N) is 2. The van der Waals surface area contributed by atoms with Crippen LogP contribution in [0.5, 0.6) is 0 Å². The van der Waals surface area contributed by atoms with Gasteiger partial charge in [0, 0.05) is 19.8 Å². The molecule has 0 aliphatic rings. The predicted molar refractivity (Wildman–Crippen MR) is 60.2 cm³/mol.